The first-order valence-corrected chi connectivity index (χ1v) is 6.28. The number of nitrogens with zero attached hydrogens (tertiary/aromatic N) is 1. The molecular weight excluding hydrogens is 224 g/mol. The van der Waals surface area contributed by atoms with Gasteiger partial charge in [-0.25, -0.2) is 0 Å². The van der Waals surface area contributed by atoms with Crippen molar-refractivity contribution in [2.75, 3.05) is 13.1 Å². The minimum absolute atomic E-state index is 0. The third kappa shape index (κ3) is 2.69. The molecule has 0 spiro atoms. The Bertz CT molecular complexity index is 243. The van der Waals surface area contributed by atoms with E-state index in [0.29, 0.717) is 24.4 Å². The molecule has 0 radical (unpaired) electrons. The van der Waals surface area contributed by atoms with E-state index in [1.807, 2.05) is 0 Å². The molecule has 2 aliphatic rings. The van der Waals surface area contributed by atoms with Crippen molar-refractivity contribution in [3.63, 3.8) is 0 Å². The Hall–Kier alpha value is -0.280. The number of amides is 1. The second-order valence-corrected chi connectivity index (χ2v) is 4.89. The molecule has 2 rings (SSSR count). The summed E-state index contributed by atoms with van der Waals surface area (Å²) in [6.45, 7) is 3.64. The summed E-state index contributed by atoms with van der Waals surface area (Å²) in [7, 11) is 0. The summed E-state index contributed by atoms with van der Waals surface area (Å²) in [5, 5.41) is 0. The van der Waals surface area contributed by atoms with Crippen molar-refractivity contribution in [2.45, 2.75) is 45.1 Å². The third-order valence-electron chi connectivity index (χ3n) is 3.89. The average molecular weight is 247 g/mol. The van der Waals surface area contributed by atoms with Crippen LogP contribution in [0.2, 0.25) is 0 Å². The molecule has 0 saturated heterocycles. The lowest BCUT2D eigenvalue weighted by molar-refractivity contribution is -0.137. The molecule has 16 heavy (non-hydrogen) atoms. The van der Waals surface area contributed by atoms with Gasteiger partial charge in [-0.1, -0.05) is 6.42 Å². The molecule has 3 nitrogen and oxygen atoms in total. The van der Waals surface area contributed by atoms with Gasteiger partial charge in [-0.3, -0.25) is 4.79 Å². The van der Waals surface area contributed by atoms with Crippen LogP contribution in [0.3, 0.4) is 0 Å². The molecule has 94 valence electrons. The average Bonchev–Trinajstić information content (AvgIpc) is 2.96. The fourth-order valence-electron chi connectivity index (χ4n) is 2.84. The first-order chi connectivity index (χ1) is 7.27. The largest absolute Gasteiger partial charge is 0.340 e. The topological polar surface area (TPSA) is 46.3 Å². The molecule has 0 heterocycles. The molecule has 2 saturated carbocycles. The summed E-state index contributed by atoms with van der Waals surface area (Å²) in [5.41, 5.74) is 5.72. The maximum absolute atomic E-state index is 12.3. The number of rotatable bonds is 4. The van der Waals surface area contributed by atoms with E-state index in [2.05, 4.69) is 11.8 Å². The Balaban J connectivity index is 0.00000128. The van der Waals surface area contributed by atoms with Crippen LogP contribution in [0, 0.1) is 11.8 Å². The second kappa shape index (κ2) is 5.87. The summed E-state index contributed by atoms with van der Waals surface area (Å²) in [6.07, 6.45) is 5.80. The molecule has 2 atom stereocenters. The molecule has 2 fully saturated rings. The van der Waals surface area contributed by atoms with Crippen molar-refractivity contribution in [3.8, 4) is 0 Å². The van der Waals surface area contributed by atoms with Crippen molar-refractivity contribution in [1.82, 2.24) is 4.90 Å². The number of carbonyl (C=O) groups is 1. The molecule has 2 N–H and O–H groups in total. The molecular formula is C12H23ClN2O. The minimum atomic E-state index is 0. The molecule has 0 aromatic heterocycles. The Labute approximate surface area is 104 Å². The molecule has 0 aliphatic heterocycles. The highest BCUT2D eigenvalue weighted by atomic mass is 35.5. The molecule has 0 bridgehead atoms. The van der Waals surface area contributed by atoms with Crippen molar-refractivity contribution >= 4 is 18.3 Å². The highest BCUT2D eigenvalue weighted by molar-refractivity contribution is 5.85. The van der Waals surface area contributed by atoms with Gasteiger partial charge in [-0.05, 0) is 45.1 Å². The van der Waals surface area contributed by atoms with Crippen LogP contribution >= 0.6 is 12.4 Å². The summed E-state index contributed by atoms with van der Waals surface area (Å²) in [5.74, 6) is 1.06. The Kier molecular flexibility index (Phi) is 5.06. The predicted molar refractivity (Wildman–Crippen MR) is 67.5 cm³/mol. The Morgan fingerprint density at radius 3 is 2.50 bits per heavy atom. The van der Waals surface area contributed by atoms with Gasteiger partial charge in [-0.15, -0.1) is 12.4 Å². The number of nitrogens with two attached hydrogens (primary N) is 1. The lowest BCUT2D eigenvalue weighted by atomic mass is 9.94. The number of halogens is 1. The van der Waals surface area contributed by atoms with E-state index in [-0.39, 0.29) is 18.3 Å². The monoisotopic (exact) mass is 246 g/mol. The van der Waals surface area contributed by atoms with Crippen molar-refractivity contribution in [1.29, 1.82) is 0 Å². The van der Waals surface area contributed by atoms with Gasteiger partial charge in [-0.2, -0.15) is 0 Å². The Morgan fingerprint density at radius 2 is 2.00 bits per heavy atom. The zero-order valence-corrected chi connectivity index (χ0v) is 10.8. The predicted octanol–water partition coefficient (Wildman–Crippen LogP) is 1.79. The van der Waals surface area contributed by atoms with Crippen LogP contribution in [-0.2, 0) is 4.79 Å². The molecule has 0 aromatic rings. The van der Waals surface area contributed by atoms with Gasteiger partial charge in [0.2, 0.25) is 5.91 Å². The third-order valence-corrected chi connectivity index (χ3v) is 3.89. The summed E-state index contributed by atoms with van der Waals surface area (Å²) in [6, 6.07) is 0.557. The quantitative estimate of drug-likeness (QED) is 0.822. The zero-order chi connectivity index (χ0) is 10.8. The van der Waals surface area contributed by atoms with E-state index in [0.717, 1.165) is 19.4 Å². The van der Waals surface area contributed by atoms with Gasteiger partial charge < -0.3 is 10.6 Å². The highest BCUT2D eigenvalue weighted by Crippen LogP contribution is 2.35. The molecule has 0 unspecified atom stereocenters. The van der Waals surface area contributed by atoms with Crippen molar-refractivity contribution in [2.24, 2.45) is 17.6 Å². The standard InChI is InChI=1S/C12H22N2O.ClH/c1-2-14(10-6-7-10)12(15)11-5-3-4-9(11)8-13;/h9-11H,2-8,13H2,1H3;1H/t9-,11-;/m1./s1. The van der Waals surface area contributed by atoms with Gasteiger partial charge >= 0.3 is 0 Å². The molecule has 1 amide bonds. The van der Waals surface area contributed by atoms with E-state index in [1.165, 1.54) is 19.3 Å². The van der Waals surface area contributed by atoms with Gasteiger partial charge in [0.05, 0.1) is 0 Å². The number of hydrogen-bond acceptors (Lipinski definition) is 2. The number of carbonyl (C=O) groups excluding carboxylic acids is 1. The first-order valence-electron chi connectivity index (χ1n) is 6.28. The van der Waals surface area contributed by atoms with E-state index in [1.54, 1.807) is 0 Å². The highest BCUT2D eigenvalue weighted by Gasteiger charge is 2.39. The fourth-order valence-corrected chi connectivity index (χ4v) is 2.84. The second-order valence-electron chi connectivity index (χ2n) is 4.89. The van der Waals surface area contributed by atoms with Crippen LogP contribution in [0.5, 0.6) is 0 Å². The lowest BCUT2D eigenvalue weighted by Gasteiger charge is -2.26. The normalized spacial score (nSPS) is 28.6. The number of hydrogen-bond donors (Lipinski definition) is 1. The van der Waals surface area contributed by atoms with Gasteiger partial charge in [0, 0.05) is 18.5 Å². The van der Waals surface area contributed by atoms with Gasteiger partial charge in [0.25, 0.3) is 0 Å². The van der Waals surface area contributed by atoms with Crippen LogP contribution in [-0.4, -0.2) is 29.9 Å². The van der Waals surface area contributed by atoms with Crippen LogP contribution in [0.15, 0.2) is 0 Å². The smallest absolute Gasteiger partial charge is 0.226 e. The first kappa shape index (κ1) is 13.8. The summed E-state index contributed by atoms with van der Waals surface area (Å²) >= 11 is 0. The van der Waals surface area contributed by atoms with E-state index in [4.69, 9.17) is 5.73 Å². The fraction of sp³-hybridized carbons (Fsp3) is 0.917. The van der Waals surface area contributed by atoms with Crippen molar-refractivity contribution in [3.05, 3.63) is 0 Å². The molecule has 0 aromatic carbocycles. The van der Waals surface area contributed by atoms with Crippen LogP contribution < -0.4 is 5.73 Å². The summed E-state index contributed by atoms with van der Waals surface area (Å²) < 4.78 is 0. The maximum Gasteiger partial charge on any atom is 0.226 e. The molecule has 4 heteroatoms. The van der Waals surface area contributed by atoms with Crippen LogP contribution in [0.25, 0.3) is 0 Å². The minimum Gasteiger partial charge on any atom is -0.340 e. The van der Waals surface area contributed by atoms with Gasteiger partial charge in [0.15, 0.2) is 0 Å². The van der Waals surface area contributed by atoms with E-state index in [9.17, 15) is 4.79 Å². The Morgan fingerprint density at radius 1 is 1.31 bits per heavy atom. The molecule has 2 aliphatic carbocycles. The van der Waals surface area contributed by atoms with E-state index < -0.39 is 0 Å². The zero-order valence-electron chi connectivity index (χ0n) is 10.0. The van der Waals surface area contributed by atoms with Gasteiger partial charge in [0.1, 0.15) is 0 Å². The lowest BCUT2D eigenvalue weighted by Crippen LogP contribution is -2.40. The van der Waals surface area contributed by atoms with Crippen LogP contribution in [0.4, 0.5) is 0 Å². The van der Waals surface area contributed by atoms with E-state index >= 15 is 0 Å². The maximum atomic E-state index is 12.3. The summed E-state index contributed by atoms with van der Waals surface area (Å²) in [4.78, 5) is 14.4. The SMILES string of the molecule is CCN(C(=O)[C@@H]1CCC[C@@H]1CN)C1CC1.Cl. The van der Waals surface area contributed by atoms with Crippen LogP contribution in [0.1, 0.15) is 39.0 Å². The van der Waals surface area contributed by atoms with Crippen molar-refractivity contribution < 1.29 is 4.79 Å².